The average molecular weight is 336 g/mol. The minimum absolute atomic E-state index is 0.151. The first-order valence-corrected chi connectivity index (χ1v) is 9.71. The molecule has 118 valence electrons. The molecule has 0 unspecified atom stereocenters. The van der Waals surface area contributed by atoms with Crippen LogP contribution in [0.15, 0.2) is 58.3 Å². The van der Waals surface area contributed by atoms with E-state index in [4.69, 9.17) is 5.14 Å². The average Bonchev–Trinajstić information content (AvgIpc) is 2.52. The first-order chi connectivity index (χ1) is 10.5. The van der Waals surface area contributed by atoms with Gasteiger partial charge in [-0.2, -0.15) is 0 Å². The molecule has 2 rings (SSSR count). The first-order valence-electron chi connectivity index (χ1n) is 6.94. The Balaban J connectivity index is 1.78. The van der Waals surface area contributed by atoms with Crippen molar-refractivity contribution in [3.05, 3.63) is 59.7 Å². The van der Waals surface area contributed by atoms with E-state index in [-0.39, 0.29) is 4.90 Å². The Labute approximate surface area is 136 Å². The molecular formula is C16H20N2O2S2. The summed E-state index contributed by atoms with van der Waals surface area (Å²) in [6, 6.07) is 15.2. The first kappa shape index (κ1) is 17.0. The topological polar surface area (TPSA) is 72.2 Å². The van der Waals surface area contributed by atoms with Crippen molar-refractivity contribution in [1.82, 2.24) is 5.32 Å². The van der Waals surface area contributed by atoms with Gasteiger partial charge in [0, 0.05) is 11.4 Å². The van der Waals surface area contributed by atoms with E-state index in [1.54, 1.807) is 36.0 Å². The molecule has 0 amide bonds. The standard InChI is InChI=1S/C16H20N2O2S2/c1-21-15-6-2-14(3-7-15)12-18-11-10-13-4-8-16(9-5-13)22(17,19)20/h2-9,18H,10-12H2,1H3,(H2,17,19,20). The number of thioether (sulfide) groups is 1. The summed E-state index contributed by atoms with van der Waals surface area (Å²) >= 11 is 1.73. The van der Waals surface area contributed by atoms with E-state index in [9.17, 15) is 8.42 Å². The second-order valence-electron chi connectivity index (χ2n) is 4.96. The predicted octanol–water partition coefficient (Wildman–Crippen LogP) is 2.39. The smallest absolute Gasteiger partial charge is 0.238 e. The van der Waals surface area contributed by atoms with Gasteiger partial charge in [0.15, 0.2) is 0 Å². The van der Waals surface area contributed by atoms with E-state index in [1.807, 2.05) is 0 Å². The third kappa shape index (κ3) is 5.14. The van der Waals surface area contributed by atoms with Gasteiger partial charge in [-0.1, -0.05) is 24.3 Å². The van der Waals surface area contributed by atoms with E-state index < -0.39 is 10.0 Å². The zero-order chi connectivity index (χ0) is 16.0. The number of hydrogen-bond acceptors (Lipinski definition) is 4. The molecule has 3 N–H and O–H groups in total. The lowest BCUT2D eigenvalue weighted by Gasteiger charge is -2.06. The fraction of sp³-hybridized carbons (Fsp3) is 0.250. The van der Waals surface area contributed by atoms with Gasteiger partial charge in [0.2, 0.25) is 10.0 Å². The van der Waals surface area contributed by atoms with Gasteiger partial charge in [-0.05, 0) is 54.6 Å². The molecule has 0 atom stereocenters. The molecule has 2 aromatic rings. The highest BCUT2D eigenvalue weighted by Gasteiger charge is 2.06. The van der Waals surface area contributed by atoms with Crippen LogP contribution in [0.3, 0.4) is 0 Å². The number of hydrogen-bond donors (Lipinski definition) is 2. The van der Waals surface area contributed by atoms with Crippen molar-refractivity contribution in [3.8, 4) is 0 Å². The molecule has 0 fully saturated rings. The zero-order valence-electron chi connectivity index (χ0n) is 12.5. The molecule has 0 aliphatic carbocycles. The highest BCUT2D eigenvalue weighted by atomic mass is 32.2. The second kappa shape index (κ2) is 7.78. The maximum absolute atomic E-state index is 11.2. The van der Waals surface area contributed by atoms with Crippen LogP contribution in [-0.2, 0) is 23.0 Å². The molecule has 0 aliphatic rings. The van der Waals surface area contributed by atoms with Crippen LogP contribution in [-0.4, -0.2) is 21.2 Å². The van der Waals surface area contributed by atoms with E-state index in [1.165, 1.54) is 10.5 Å². The van der Waals surface area contributed by atoms with E-state index in [0.29, 0.717) is 0 Å². The molecule has 0 saturated heterocycles. The SMILES string of the molecule is CSc1ccc(CNCCc2ccc(S(N)(=O)=O)cc2)cc1. The third-order valence-electron chi connectivity index (χ3n) is 3.33. The summed E-state index contributed by atoms with van der Waals surface area (Å²) in [7, 11) is -3.60. The van der Waals surface area contributed by atoms with Crippen LogP contribution >= 0.6 is 11.8 Å². The van der Waals surface area contributed by atoms with Gasteiger partial charge in [-0.25, -0.2) is 13.6 Å². The molecule has 0 radical (unpaired) electrons. The molecule has 0 heterocycles. The molecule has 4 nitrogen and oxygen atoms in total. The minimum atomic E-state index is -3.60. The molecular weight excluding hydrogens is 316 g/mol. The van der Waals surface area contributed by atoms with Crippen LogP contribution in [0.25, 0.3) is 0 Å². The van der Waals surface area contributed by atoms with Crippen molar-refractivity contribution in [2.75, 3.05) is 12.8 Å². The van der Waals surface area contributed by atoms with Crippen LogP contribution in [0.4, 0.5) is 0 Å². The highest BCUT2D eigenvalue weighted by molar-refractivity contribution is 7.98. The fourth-order valence-electron chi connectivity index (χ4n) is 2.05. The Morgan fingerprint density at radius 3 is 2.14 bits per heavy atom. The number of nitrogens with two attached hydrogens (primary N) is 1. The van der Waals surface area contributed by atoms with Crippen LogP contribution in [0, 0.1) is 0 Å². The molecule has 0 bridgehead atoms. The van der Waals surface area contributed by atoms with Gasteiger partial charge in [-0.3, -0.25) is 0 Å². The van der Waals surface area contributed by atoms with Crippen molar-refractivity contribution in [2.45, 2.75) is 22.8 Å². The summed E-state index contributed by atoms with van der Waals surface area (Å²) in [6.07, 6.45) is 2.90. The largest absolute Gasteiger partial charge is 0.312 e. The predicted molar refractivity (Wildman–Crippen MR) is 91.4 cm³/mol. The summed E-state index contributed by atoms with van der Waals surface area (Å²) < 4.78 is 22.3. The highest BCUT2D eigenvalue weighted by Crippen LogP contribution is 2.14. The van der Waals surface area contributed by atoms with Gasteiger partial charge >= 0.3 is 0 Å². The van der Waals surface area contributed by atoms with Crippen LogP contribution in [0.2, 0.25) is 0 Å². The lowest BCUT2D eigenvalue weighted by atomic mass is 10.1. The molecule has 0 aromatic heterocycles. The van der Waals surface area contributed by atoms with Crippen molar-refractivity contribution in [1.29, 1.82) is 0 Å². The van der Waals surface area contributed by atoms with Crippen molar-refractivity contribution >= 4 is 21.8 Å². The van der Waals surface area contributed by atoms with Crippen molar-refractivity contribution in [2.24, 2.45) is 5.14 Å². The zero-order valence-corrected chi connectivity index (χ0v) is 14.1. The quantitative estimate of drug-likeness (QED) is 0.601. The van der Waals surface area contributed by atoms with Gasteiger partial charge in [0.1, 0.15) is 0 Å². The summed E-state index contributed by atoms with van der Waals surface area (Å²) in [6.45, 7) is 1.66. The molecule has 6 heteroatoms. The van der Waals surface area contributed by atoms with Crippen LogP contribution in [0.5, 0.6) is 0 Å². The van der Waals surface area contributed by atoms with Gasteiger partial charge in [-0.15, -0.1) is 11.8 Å². The third-order valence-corrected chi connectivity index (χ3v) is 5.00. The van der Waals surface area contributed by atoms with E-state index in [0.717, 1.165) is 25.1 Å². The number of primary sulfonamides is 1. The summed E-state index contributed by atoms with van der Waals surface area (Å²) in [5.41, 5.74) is 2.33. The number of rotatable bonds is 7. The number of nitrogens with one attached hydrogen (secondary N) is 1. The minimum Gasteiger partial charge on any atom is -0.312 e. The van der Waals surface area contributed by atoms with Gasteiger partial charge in [0.25, 0.3) is 0 Å². The molecule has 0 aliphatic heterocycles. The van der Waals surface area contributed by atoms with E-state index >= 15 is 0 Å². The normalized spacial score (nSPS) is 11.5. The summed E-state index contributed by atoms with van der Waals surface area (Å²) in [5.74, 6) is 0. The molecule has 22 heavy (non-hydrogen) atoms. The molecule has 2 aromatic carbocycles. The maximum atomic E-state index is 11.2. The Morgan fingerprint density at radius 2 is 1.59 bits per heavy atom. The summed E-state index contributed by atoms with van der Waals surface area (Å²) in [4.78, 5) is 1.41. The van der Waals surface area contributed by atoms with Crippen molar-refractivity contribution in [3.63, 3.8) is 0 Å². The Hall–Kier alpha value is -1.34. The van der Waals surface area contributed by atoms with E-state index in [2.05, 4.69) is 35.8 Å². The monoisotopic (exact) mass is 336 g/mol. The lowest BCUT2D eigenvalue weighted by molar-refractivity contribution is 0.597. The van der Waals surface area contributed by atoms with Crippen LogP contribution in [0.1, 0.15) is 11.1 Å². The Bertz CT molecular complexity index is 696. The van der Waals surface area contributed by atoms with Crippen LogP contribution < -0.4 is 10.5 Å². The van der Waals surface area contributed by atoms with Gasteiger partial charge < -0.3 is 5.32 Å². The molecule has 0 saturated carbocycles. The maximum Gasteiger partial charge on any atom is 0.238 e. The molecule has 0 spiro atoms. The second-order valence-corrected chi connectivity index (χ2v) is 7.40. The number of benzene rings is 2. The Kier molecular flexibility index (Phi) is 6.02. The lowest BCUT2D eigenvalue weighted by Crippen LogP contribution is -2.17. The Morgan fingerprint density at radius 1 is 1.00 bits per heavy atom. The fourth-order valence-corrected chi connectivity index (χ4v) is 2.98. The summed E-state index contributed by atoms with van der Waals surface area (Å²) in [5, 5.41) is 8.45. The number of sulfonamides is 1. The van der Waals surface area contributed by atoms with Gasteiger partial charge in [0.05, 0.1) is 4.90 Å². The van der Waals surface area contributed by atoms with Crippen molar-refractivity contribution < 1.29 is 8.42 Å².